The summed E-state index contributed by atoms with van der Waals surface area (Å²) in [6.07, 6.45) is 2.27. The number of benzene rings is 1. The fraction of sp³-hybridized carbons (Fsp3) is 0.562. The van der Waals surface area contributed by atoms with Crippen LogP contribution in [0.15, 0.2) is 18.2 Å². The van der Waals surface area contributed by atoms with Crippen molar-refractivity contribution in [1.29, 1.82) is 0 Å². The van der Waals surface area contributed by atoms with Crippen molar-refractivity contribution in [2.24, 2.45) is 5.84 Å². The lowest BCUT2D eigenvalue weighted by Gasteiger charge is -2.21. The Balaban J connectivity index is 2.70. The van der Waals surface area contributed by atoms with Gasteiger partial charge in [-0.1, -0.05) is 39.0 Å². The molecule has 1 aromatic carbocycles. The fourth-order valence-corrected chi connectivity index (χ4v) is 2.01. The van der Waals surface area contributed by atoms with Crippen LogP contribution < -0.4 is 5.84 Å². The average Bonchev–Trinajstić information content (AvgIpc) is 2.29. The van der Waals surface area contributed by atoms with Crippen molar-refractivity contribution in [1.82, 2.24) is 5.01 Å². The molecule has 0 spiro atoms. The third-order valence-electron chi connectivity index (χ3n) is 3.45. The van der Waals surface area contributed by atoms with Crippen LogP contribution in [0.25, 0.3) is 0 Å². The predicted molar refractivity (Wildman–Crippen MR) is 79.8 cm³/mol. The Hall–Kier alpha value is -1.35. The summed E-state index contributed by atoms with van der Waals surface area (Å²) in [7, 11) is 1.59. The second kappa shape index (κ2) is 6.20. The second-order valence-corrected chi connectivity index (χ2v) is 6.25. The minimum Gasteiger partial charge on any atom is -0.284 e. The molecule has 0 radical (unpaired) electrons. The Kier molecular flexibility index (Phi) is 5.12. The van der Waals surface area contributed by atoms with Gasteiger partial charge in [-0.3, -0.25) is 9.80 Å². The standard InChI is InChI=1S/C16H26N2O/c1-12-9-10-14(16(2,3)4)11-13(12)7-6-8-15(19)18(5)17/h9-11H,6-8,17H2,1-5H3. The maximum atomic E-state index is 11.4. The first-order valence-corrected chi connectivity index (χ1v) is 6.83. The number of nitrogens with two attached hydrogens (primary N) is 1. The maximum Gasteiger partial charge on any atom is 0.236 e. The van der Waals surface area contributed by atoms with Crippen LogP contribution in [0.3, 0.4) is 0 Å². The zero-order valence-electron chi connectivity index (χ0n) is 12.8. The lowest BCUT2D eigenvalue weighted by atomic mass is 9.84. The number of carbonyl (C=O) groups excluding carboxylic acids is 1. The van der Waals surface area contributed by atoms with Crippen LogP contribution in [-0.2, 0) is 16.6 Å². The van der Waals surface area contributed by atoms with E-state index >= 15 is 0 Å². The topological polar surface area (TPSA) is 46.3 Å². The van der Waals surface area contributed by atoms with Gasteiger partial charge in [-0.2, -0.15) is 0 Å². The summed E-state index contributed by atoms with van der Waals surface area (Å²) in [6.45, 7) is 8.77. The molecule has 0 aliphatic carbocycles. The second-order valence-electron chi connectivity index (χ2n) is 6.25. The number of hydrogen-bond donors (Lipinski definition) is 1. The van der Waals surface area contributed by atoms with E-state index in [0.29, 0.717) is 6.42 Å². The monoisotopic (exact) mass is 262 g/mol. The lowest BCUT2D eigenvalue weighted by molar-refractivity contribution is -0.130. The Labute approximate surface area is 116 Å². The molecule has 0 bridgehead atoms. The molecule has 3 nitrogen and oxygen atoms in total. The summed E-state index contributed by atoms with van der Waals surface area (Å²) in [5, 5.41) is 1.17. The zero-order valence-corrected chi connectivity index (χ0v) is 12.8. The molecule has 0 aliphatic heterocycles. The molecule has 1 amide bonds. The molecule has 0 atom stereocenters. The van der Waals surface area contributed by atoms with Gasteiger partial charge >= 0.3 is 0 Å². The van der Waals surface area contributed by atoms with E-state index in [4.69, 9.17) is 5.84 Å². The number of hydrazine groups is 1. The van der Waals surface area contributed by atoms with Crippen LogP contribution in [0.1, 0.15) is 50.3 Å². The minimum absolute atomic E-state index is 0.00960. The first-order chi connectivity index (χ1) is 8.71. The number of nitrogens with zero attached hydrogens (tertiary/aromatic N) is 1. The largest absolute Gasteiger partial charge is 0.284 e. The molecule has 19 heavy (non-hydrogen) atoms. The molecule has 0 saturated heterocycles. The summed E-state index contributed by atoms with van der Waals surface area (Å²) in [4.78, 5) is 11.4. The van der Waals surface area contributed by atoms with Gasteiger partial charge in [0.05, 0.1) is 0 Å². The van der Waals surface area contributed by atoms with E-state index in [1.807, 2.05) is 0 Å². The van der Waals surface area contributed by atoms with Gasteiger partial charge in [0, 0.05) is 13.5 Å². The van der Waals surface area contributed by atoms with Crippen LogP contribution in [0.4, 0.5) is 0 Å². The number of rotatable bonds is 4. The number of amides is 1. The van der Waals surface area contributed by atoms with E-state index in [9.17, 15) is 4.79 Å². The molecule has 0 saturated carbocycles. The SMILES string of the molecule is Cc1ccc(C(C)(C)C)cc1CCCC(=O)N(C)N. The van der Waals surface area contributed by atoms with Crippen LogP contribution in [0, 0.1) is 6.92 Å². The molecule has 0 aromatic heterocycles. The lowest BCUT2D eigenvalue weighted by Crippen LogP contribution is -2.32. The summed E-state index contributed by atoms with van der Waals surface area (Å²) >= 11 is 0. The normalized spacial score (nSPS) is 11.5. The van der Waals surface area contributed by atoms with Crippen molar-refractivity contribution in [3.63, 3.8) is 0 Å². The molecule has 2 N–H and O–H groups in total. The van der Waals surface area contributed by atoms with E-state index < -0.39 is 0 Å². The van der Waals surface area contributed by atoms with Gasteiger partial charge in [0.2, 0.25) is 5.91 Å². The highest BCUT2D eigenvalue weighted by molar-refractivity contribution is 5.75. The molecule has 0 aliphatic rings. The molecule has 3 heteroatoms. The van der Waals surface area contributed by atoms with E-state index in [-0.39, 0.29) is 11.3 Å². The number of hydrogen-bond acceptors (Lipinski definition) is 2. The van der Waals surface area contributed by atoms with Gasteiger partial charge in [0.1, 0.15) is 0 Å². The van der Waals surface area contributed by atoms with Crippen molar-refractivity contribution in [2.75, 3.05) is 7.05 Å². The Bertz CT molecular complexity index is 445. The predicted octanol–water partition coefficient (Wildman–Crippen LogP) is 2.95. The molecule has 1 rings (SSSR count). The summed E-state index contributed by atoms with van der Waals surface area (Å²) in [5.74, 6) is 5.40. The molecular weight excluding hydrogens is 236 g/mol. The zero-order chi connectivity index (χ0) is 14.6. The van der Waals surface area contributed by atoms with Crippen LogP contribution in [0.5, 0.6) is 0 Å². The average molecular weight is 262 g/mol. The van der Waals surface area contributed by atoms with Gasteiger partial charge in [-0.25, -0.2) is 5.84 Å². The molecule has 0 unspecified atom stereocenters. The van der Waals surface area contributed by atoms with E-state index in [1.165, 1.54) is 21.7 Å². The van der Waals surface area contributed by atoms with E-state index in [2.05, 4.69) is 45.9 Å². The number of aryl methyl sites for hydroxylation is 2. The molecular formula is C16H26N2O. The summed E-state index contributed by atoms with van der Waals surface area (Å²) in [5.41, 5.74) is 4.13. The van der Waals surface area contributed by atoms with Crippen LogP contribution in [0.2, 0.25) is 0 Å². The third kappa shape index (κ3) is 4.67. The van der Waals surface area contributed by atoms with Crippen molar-refractivity contribution in [2.45, 2.75) is 52.4 Å². The first kappa shape index (κ1) is 15.7. The highest BCUT2D eigenvalue weighted by Gasteiger charge is 2.14. The van der Waals surface area contributed by atoms with Crippen molar-refractivity contribution < 1.29 is 4.79 Å². The van der Waals surface area contributed by atoms with Crippen LogP contribution >= 0.6 is 0 Å². The summed E-state index contributed by atoms with van der Waals surface area (Å²) < 4.78 is 0. The Morgan fingerprint density at radius 2 is 1.95 bits per heavy atom. The maximum absolute atomic E-state index is 11.4. The Morgan fingerprint density at radius 3 is 2.47 bits per heavy atom. The quantitative estimate of drug-likeness (QED) is 0.515. The minimum atomic E-state index is -0.00960. The Morgan fingerprint density at radius 1 is 1.32 bits per heavy atom. The van der Waals surface area contributed by atoms with Gasteiger partial charge < -0.3 is 0 Å². The highest BCUT2D eigenvalue weighted by atomic mass is 16.2. The first-order valence-electron chi connectivity index (χ1n) is 6.83. The van der Waals surface area contributed by atoms with Crippen LogP contribution in [-0.4, -0.2) is 18.0 Å². The van der Waals surface area contributed by atoms with E-state index in [1.54, 1.807) is 7.05 Å². The highest BCUT2D eigenvalue weighted by Crippen LogP contribution is 2.25. The van der Waals surface area contributed by atoms with Crippen molar-refractivity contribution in [3.8, 4) is 0 Å². The fourth-order valence-electron chi connectivity index (χ4n) is 2.01. The molecule has 1 aromatic rings. The van der Waals surface area contributed by atoms with Gasteiger partial charge in [0.15, 0.2) is 0 Å². The van der Waals surface area contributed by atoms with Gasteiger partial charge in [-0.15, -0.1) is 0 Å². The third-order valence-corrected chi connectivity index (χ3v) is 3.45. The van der Waals surface area contributed by atoms with Crippen molar-refractivity contribution >= 4 is 5.91 Å². The molecule has 0 fully saturated rings. The van der Waals surface area contributed by atoms with Crippen molar-refractivity contribution in [3.05, 3.63) is 34.9 Å². The number of carbonyl (C=O) groups is 1. The van der Waals surface area contributed by atoms with Gasteiger partial charge in [0.25, 0.3) is 0 Å². The van der Waals surface area contributed by atoms with Gasteiger partial charge in [-0.05, 0) is 41.9 Å². The molecule has 106 valence electrons. The smallest absolute Gasteiger partial charge is 0.236 e. The summed E-state index contributed by atoms with van der Waals surface area (Å²) in [6, 6.07) is 6.64. The van der Waals surface area contributed by atoms with E-state index in [0.717, 1.165) is 12.8 Å². The molecule has 0 heterocycles.